The van der Waals surface area contributed by atoms with E-state index < -0.39 is 0 Å². The zero-order valence-electron chi connectivity index (χ0n) is 10.9. The van der Waals surface area contributed by atoms with Crippen LogP contribution in [0.3, 0.4) is 0 Å². The highest BCUT2D eigenvalue weighted by molar-refractivity contribution is 4.87. The molecule has 1 aliphatic carbocycles. The van der Waals surface area contributed by atoms with Gasteiger partial charge in [0.25, 0.3) is 0 Å². The molecule has 0 radical (unpaired) electrons. The molecule has 0 amide bonds. The molecule has 2 aliphatic rings. The van der Waals surface area contributed by atoms with Crippen LogP contribution in [0, 0.1) is 5.92 Å². The molecule has 16 heavy (non-hydrogen) atoms. The molecule has 0 aromatic carbocycles. The predicted molar refractivity (Wildman–Crippen MR) is 66.6 cm³/mol. The van der Waals surface area contributed by atoms with E-state index in [2.05, 4.69) is 31.1 Å². The lowest BCUT2D eigenvalue weighted by atomic mass is 10.0. The maximum absolute atomic E-state index is 5.48. The van der Waals surface area contributed by atoms with Gasteiger partial charge in [-0.25, -0.2) is 0 Å². The van der Waals surface area contributed by atoms with Crippen LogP contribution in [0.25, 0.3) is 0 Å². The molecule has 0 aromatic heterocycles. The van der Waals surface area contributed by atoms with Crippen LogP contribution >= 0.6 is 0 Å². The molecule has 3 nitrogen and oxygen atoms in total. The van der Waals surface area contributed by atoms with Crippen molar-refractivity contribution in [2.24, 2.45) is 5.92 Å². The SMILES string of the molecule is CC(C)C(CNC1CC1)N(C)C1CCOC1. The molecule has 2 fully saturated rings. The van der Waals surface area contributed by atoms with Gasteiger partial charge in [0.15, 0.2) is 0 Å². The highest BCUT2D eigenvalue weighted by atomic mass is 16.5. The van der Waals surface area contributed by atoms with Gasteiger partial charge in [-0.05, 0) is 32.2 Å². The van der Waals surface area contributed by atoms with Gasteiger partial charge in [-0.3, -0.25) is 4.90 Å². The van der Waals surface area contributed by atoms with Crippen molar-refractivity contribution in [1.82, 2.24) is 10.2 Å². The van der Waals surface area contributed by atoms with Gasteiger partial charge in [-0.2, -0.15) is 0 Å². The predicted octanol–water partition coefficient (Wildman–Crippen LogP) is 1.48. The van der Waals surface area contributed by atoms with Gasteiger partial charge < -0.3 is 10.1 Å². The van der Waals surface area contributed by atoms with E-state index in [0.29, 0.717) is 18.0 Å². The van der Waals surface area contributed by atoms with Crippen molar-refractivity contribution in [2.75, 3.05) is 26.8 Å². The van der Waals surface area contributed by atoms with Crippen molar-refractivity contribution in [3.8, 4) is 0 Å². The molecule has 2 atom stereocenters. The van der Waals surface area contributed by atoms with Gasteiger partial charge >= 0.3 is 0 Å². The summed E-state index contributed by atoms with van der Waals surface area (Å²) >= 11 is 0. The first-order chi connectivity index (χ1) is 7.68. The second-order valence-electron chi connectivity index (χ2n) is 5.68. The first-order valence-corrected chi connectivity index (χ1v) is 6.71. The average Bonchev–Trinajstić information content (AvgIpc) is 2.91. The zero-order valence-corrected chi connectivity index (χ0v) is 10.9. The number of rotatable bonds is 6. The minimum absolute atomic E-state index is 0.633. The molecule has 0 spiro atoms. The highest BCUT2D eigenvalue weighted by Gasteiger charge is 2.29. The lowest BCUT2D eigenvalue weighted by Gasteiger charge is -2.35. The number of nitrogens with one attached hydrogen (secondary N) is 1. The van der Waals surface area contributed by atoms with Gasteiger partial charge in [0, 0.05) is 31.3 Å². The van der Waals surface area contributed by atoms with Gasteiger partial charge in [0.05, 0.1) is 6.61 Å². The topological polar surface area (TPSA) is 24.5 Å². The molecule has 1 aliphatic heterocycles. The fourth-order valence-corrected chi connectivity index (χ4v) is 2.54. The van der Waals surface area contributed by atoms with Crippen LogP contribution < -0.4 is 5.32 Å². The van der Waals surface area contributed by atoms with Crippen LogP contribution in [0.4, 0.5) is 0 Å². The number of likely N-dealkylation sites (N-methyl/N-ethyl adjacent to an activating group) is 1. The molecule has 2 rings (SSSR count). The molecule has 3 heteroatoms. The van der Waals surface area contributed by atoms with Gasteiger partial charge in [0.2, 0.25) is 0 Å². The molecule has 0 aromatic rings. The first-order valence-electron chi connectivity index (χ1n) is 6.71. The third-order valence-electron chi connectivity index (χ3n) is 3.97. The summed E-state index contributed by atoms with van der Waals surface area (Å²) in [6.07, 6.45) is 3.95. The van der Waals surface area contributed by atoms with Crippen LogP contribution in [-0.4, -0.2) is 49.8 Å². The van der Waals surface area contributed by atoms with Gasteiger partial charge in [0.1, 0.15) is 0 Å². The molecule has 94 valence electrons. The Hall–Kier alpha value is -0.120. The van der Waals surface area contributed by atoms with Crippen molar-refractivity contribution >= 4 is 0 Å². The maximum atomic E-state index is 5.48. The van der Waals surface area contributed by atoms with E-state index in [0.717, 1.165) is 25.8 Å². The number of hydrogen-bond acceptors (Lipinski definition) is 3. The Morgan fingerprint density at radius 2 is 2.06 bits per heavy atom. The molecule has 2 unspecified atom stereocenters. The van der Waals surface area contributed by atoms with Crippen LogP contribution in [0.1, 0.15) is 33.1 Å². The summed E-state index contributed by atoms with van der Waals surface area (Å²) in [5, 5.41) is 3.66. The first kappa shape index (κ1) is 12.3. The Morgan fingerprint density at radius 3 is 2.56 bits per heavy atom. The smallest absolute Gasteiger partial charge is 0.0622 e. The van der Waals surface area contributed by atoms with Crippen LogP contribution in [-0.2, 0) is 4.74 Å². The summed E-state index contributed by atoms with van der Waals surface area (Å²) in [5.74, 6) is 0.705. The standard InChI is InChI=1S/C13H26N2O/c1-10(2)13(8-14-11-4-5-11)15(3)12-6-7-16-9-12/h10-14H,4-9H2,1-3H3. The van der Waals surface area contributed by atoms with Crippen molar-refractivity contribution < 1.29 is 4.74 Å². The van der Waals surface area contributed by atoms with Crippen molar-refractivity contribution in [2.45, 2.75) is 51.2 Å². The fourth-order valence-electron chi connectivity index (χ4n) is 2.54. The van der Waals surface area contributed by atoms with E-state index in [1.54, 1.807) is 0 Å². The Labute approximate surface area is 99.5 Å². The average molecular weight is 226 g/mol. The largest absolute Gasteiger partial charge is 0.380 e. The lowest BCUT2D eigenvalue weighted by Crippen LogP contribution is -2.49. The third kappa shape index (κ3) is 3.19. The van der Waals surface area contributed by atoms with Crippen molar-refractivity contribution in [1.29, 1.82) is 0 Å². The minimum atomic E-state index is 0.633. The van der Waals surface area contributed by atoms with E-state index >= 15 is 0 Å². The van der Waals surface area contributed by atoms with Crippen molar-refractivity contribution in [3.63, 3.8) is 0 Å². The quantitative estimate of drug-likeness (QED) is 0.742. The van der Waals surface area contributed by atoms with Gasteiger partial charge in [-0.15, -0.1) is 0 Å². The molecule has 1 saturated heterocycles. The Balaban J connectivity index is 1.83. The molecule has 1 saturated carbocycles. The number of nitrogens with zero attached hydrogens (tertiary/aromatic N) is 1. The van der Waals surface area contributed by atoms with Gasteiger partial charge in [-0.1, -0.05) is 13.8 Å². The van der Waals surface area contributed by atoms with Crippen LogP contribution in [0.5, 0.6) is 0 Å². The van der Waals surface area contributed by atoms with E-state index in [9.17, 15) is 0 Å². The number of ether oxygens (including phenoxy) is 1. The monoisotopic (exact) mass is 226 g/mol. The van der Waals surface area contributed by atoms with E-state index in [4.69, 9.17) is 4.74 Å². The Bertz CT molecular complexity index is 210. The Morgan fingerprint density at radius 1 is 1.31 bits per heavy atom. The number of hydrogen-bond donors (Lipinski definition) is 1. The molecule has 1 N–H and O–H groups in total. The second-order valence-corrected chi connectivity index (χ2v) is 5.68. The summed E-state index contributed by atoms with van der Waals surface area (Å²) in [6, 6.07) is 2.09. The third-order valence-corrected chi connectivity index (χ3v) is 3.97. The Kier molecular flexibility index (Phi) is 4.22. The summed E-state index contributed by atoms with van der Waals surface area (Å²) in [5.41, 5.74) is 0. The highest BCUT2D eigenvalue weighted by Crippen LogP contribution is 2.21. The molecular formula is C13H26N2O. The summed E-state index contributed by atoms with van der Waals surface area (Å²) in [4.78, 5) is 2.53. The van der Waals surface area contributed by atoms with Crippen molar-refractivity contribution in [3.05, 3.63) is 0 Å². The summed E-state index contributed by atoms with van der Waals surface area (Å²) in [6.45, 7) is 7.64. The maximum Gasteiger partial charge on any atom is 0.0622 e. The molecule has 0 bridgehead atoms. The normalized spacial score (nSPS) is 27.9. The second kappa shape index (κ2) is 5.48. The van der Waals surface area contributed by atoms with Crippen LogP contribution in [0.2, 0.25) is 0 Å². The fraction of sp³-hybridized carbons (Fsp3) is 1.00. The van der Waals surface area contributed by atoms with E-state index in [1.807, 2.05) is 0 Å². The van der Waals surface area contributed by atoms with E-state index in [1.165, 1.54) is 19.3 Å². The summed E-state index contributed by atoms with van der Waals surface area (Å²) in [7, 11) is 2.26. The van der Waals surface area contributed by atoms with E-state index in [-0.39, 0.29) is 0 Å². The lowest BCUT2D eigenvalue weighted by molar-refractivity contribution is 0.110. The van der Waals surface area contributed by atoms with Crippen LogP contribution in [0.15, 0.2) is 0 Å². The minimum Gasteiger partial charge on any atom is -0.380 e. The zero-order chi connectivity index (χ0) is 11.5. The summed E-state index contributed by atoms with van der Waals surface area (Å²) < 4.78 is 5.48. The molecule has 1 heterocycles. The molecular weight excluding hydrogens is 200 g/mol.